The van der Waals surface area contributed by atoms with Crippen LogP contribution >= 0.6 is 0 Å². The summed E-state index contributed by atoms with van der Waals surface area (Å²) in [5.74, 6) is 1.06. The molecule has 120 valence electrons. The molecule has 3 rings (SSSR count). The monoisotopic (exact) mass is 311 g/mol. The van der Waals surface area contributed by atoms with Crippen LogP contribution in [0.25, 0.3) is 0 Å². The molecule has 0 bridgehead atoms. The van der Waals surface area contributed by atoms with E-state index in [-0.39, 0.29) is 6.61 Å². The van der Waals surface area contributed by atoms with Crippen molar-refractivity contribution in [1.29, 1.82) is 0 Å². The van der Waals surface area contributed by atoms with Gasteiger partial charge in [-0.2, -0.15) is 0 Å². The highest BCUT2D eigenvalue weighted by Crippen LogP contribution is 2.19. The van der Waals surface area contributed by atoms with Crippen LogP contribution in [0.15, 0.2) is 42.7 Å². The number of hydrogen-bond acceptors (Lipinski definition) is 5. The smallest absolute Gasteiger partial charge is 0.341 e. The zero-order valence-electron chi connectivity index (χ0n) is 13.3. The second kappa shape index (κ2) is 7.22. The summed E-state index contributed by atoms with van der Waals surface area (Å²) < 4.78 is 5.28. The Morgan fingerprint density at radius 2 is 1.83 bits per heavy atom. The molecule has 2 heterocycles. The number of carbonyl (C=O) groups excluding carboxylic acids is 1. The molecule has 5 heteroatoms. The summed E-state index contributed by atoms with van der Waals surface area (Å²) in [7, 11) is 0. The van der Waals surface area contributed by atoms with Gasteiger partial charge < -0.3 is 9.64 Å². The van der Waals surface area contributed by atoms with Crippen molar-refractivity contribution in [2.45, 2.75) is 26.4 Å². The number of anilines is 1. The number of carbonyl (C=O) groups is 1. The van der Waals surface area contributed by atoms with Gasteiger partial charge in [-0.15, -0.1) is 0 Å². The van der Waals surface area contributed by atoms with Crippen LogP contribution in [0.1, 0.15) is 35.7 Å². The molecule has 0 saturated carbocycles. The van der Waals surface area contributed by atoms with Crippen LogP contribution in [0.5, 0.6) is 0 Å². The molecule has 1 saturated heterocycles. The lowest BCUT2D eigenvalue weighted by molar-refractivity contribution is 0.0471. The van der Waals surface area contributed by atoms with E-state index in [1.165, 1.54) is 0 Å². The molecule has 0 N–H and O–H groups in total. The minimum absolute atomic E-state index is 0.255. The molecule has 1 aromatic heterocycles. The first kappa shape index (κ1) is 15.5. The van der Waals surface area contributed by atoms with E-state index in [0.29, 0.717) is 11.5 Å². The zero-order chi connectivity index (χ0) is 16.1. The lowest BCUT2D eigenvalue weighted by Gasteiger charge is -2.30. The van der Waals surface area contributed by atoms with E-state index in [1.807, 2.05) is 30.3 Å². The van der Waals surface area contributed by atoms with Gasteiger partial charge in [0.2, 0.25) is 5.95 Å². The summed E-state index contributed by atoms with van der Waals surface area (Å²) in [4.78, 5) is 22.8. The first-order valence-corrected chi connectivity index (χ1v) is 8.00. The molecular formula is C18H21N3O2. The average molecular weight is 311 g/mol. The Morgan fingerprint density at radius 1 is 1.17 bits per heavy atom. The summed E-state index contributed by atoms with van der Waals surface area (Å²) in [6.07, 6.45) is 5.41. The third-order valence-electron chi connectivity index (χ3n) is 4.15. The quantitative estimate of drug-likeness (QED) is 0.812. The first-order chi connectivity index (χ1) is 11.2. The van der Waals surface area contributed by atoms with E-state index < -0.39 is 5.97 Å². The van der Waals surface area contributed by atoms with Crippen molar-refractivity contribution in [2.24, 2.45) is 5.92 Å². The number of nitrogens with zero attached hydrogens (tertiary/aromatic N) is 3. The fourth-order valence-electron chi connectivity index (χ4n) is 2.60. The lowest BCUT2D eigenvalue weighted by Crippen LogP contribution is -2.34. The van der Waals surface area contributed by atoms with Gasteiger partial charge in [0.15, 0.2) is 0 Å². The number of ether oxygens (including phenoxy) is 1. The zero-order valence-corrected chi connectivity index (χ0v) is 13.3. The summed E-state index contributed by atoms with van der Waals surface area (Å²) >= 11 is 0. The molecule has 2 aromatic rings. The Kier molecular flexibility index (Phi) is 4.86. The number of aromatic nitrogens is 2. The van der Waals surface area contributed by atoms with Crippen LogP contribution in [0.4, 0.5) is 5.95 Å². The van der Waals surface area contributed by atoms with Crippen molar-refractivity contribution in [3.8, 4) is 0 Å². The van der Waals surface area contributed by atoms with Gasteiger partial charge in [-0.3, -0.25) is 0 Å². The minimum atomic E-state index is -0.396. The van der Waals surface area contributed by atoms with Gasteiger partial charge in [0.05, 0.1) is 5.56 Å². The number of hydrogen-bond donors (Lipinski definition) is 0. The van der Waals surface area contributed by atoms with Crippen LogP contribution in [-0.2, 0) is 11.3 Å². The topological polar surface area (TPSA) is 55.3 Å². The predicted octanol–water partition coefficient (Wildman–Crippen LogP) is 3.07. The number of piperidine rings is 1. The first-order valence-electron chi connectivity index (χ1n) is 8.00. The Labute approximate surface area is 136 Å². The third-order valence-corrected chi connectivity index (χ3v) is 4.15. The van der Waals surface area contributed by atoms with Gasteiger partial charge in [0.1, 0.15) is 6.61 Å². The maximum atomic E-state index is 12.0. The molecule has 1 aliphatic heterocycles. The molecular weight excluding hydrogens is 290 g/mol. The molecule has 0 atom stereocenters. The highest BCUT2D eigenvalue weighted by atomic mass is 16.5. The van der Waals surface area contributed by atoms with Crippen molar-refractivity contribution >= 4 is 11.9 Å². The second-order valence-corrected chi connectivity index (χ2v) is 6.00. The fraction of sp³-hybridized carbons (Fsp3) is 0.389. The van der Waals surface area contributed by atoms with Gasteiger partial charge in [0.25, 0.3) is 0 Å². The molecule has 0 unspecified atom stereocenters. The number of esters is 1. The molecule has 1 fully saturated rings. The van der Waals surface area contributed by atoms with E-state index >= 15 is 0 Å². The molecule has 23 heavy (non-hydrogen) atoms. The summed E-state index contributed by atoms with van der Waals surface area (Å²) in [6.45, 7) is 4.47. The van der Waals surface area contributed by atoms with Crippen molar-refractivity contribution in [3.05, 3.63) is 53.9 Å². The van der Waals surface area contributed by atoms with Crippen molar-refractivity contribution in [2.75, 3.05) is 18.0 Å². The van der Waals surface area contributed by atoms with Crippen molar-refractivity contribution in [3.63, 3.8) is 0 Å². The summed E-state index contributed by atoms with van der Waals surface area (Å²) in [5.41, 5.74) is 1.34. The highest BCUT2D eigenvalue weighted by molar-refractivity contribution is 5.88. The molecule has 1 aliphatic rings. The second-order valence-electron chi connectivity index (χ2n) is 6.00. The van der Waals surface area contributed by atoms with Gasteiger partial charge in [0, 0.05) is 25.5 Å². The molecule has 0 spiro atoms. The summed E-state index contributed by atoms with van der Waals surface area (Å²) in [5, 5.41) is 0. The van der Waals surface area contributed by atoms with Gasteiger partial charge in [-0.25, -0.2) is 14.8 Å². The summed E-state index contributed by atoms with van der Waals surface area (Å²) in [6, 6.07) is 9.61. The highest BCUT2D eigenvalue weighted by Gasteiger charge is 2.18. The van der Waals surface area contributed by atoms with Crippen LogP contribution < -0.4 is 4.90 Å². The molecule has 0 amide bonds. The molecule has 1 aromatic carbocycles. The Morgan fingerprint density at radius 3 is 2.48 bits per heavy atom. The Balaban J connectivity index is 1.57. The van der Waals surface area contributed by atoms with Crippen LogP contribution in [-0.4, -0.2) is 29.0 Å². The van der Waals surface area contributed by atoms with Crippen LogP contribution in [0.3, 0.4) is 0 Å². The largest absolute Gasteiger partial charge is 0.457 e. The SMILES string of the molecule is CC1CCN(c2ncc(C(=O)OCc3ccccc3)cn2)CC1. The Bertz CT molecular complexity index is 635. The van der Waals surface area contributed by atoms with Gasteiger partial charge in [-0.1, -0.05) is 37.3 Å². The molecule has 5 nitrogen and oxygen atoms in total. The van der Waals surface area contributed by atoms with Gasteiger partial charge >= 0.3 is 5.97 Å². The third kappa shape index (κ3) is 4.06. The normalized spacial score (nSPS) is 15.4. The van der Waals surface area contributed by atoms with E-state index in [4.69, 9.17) is 4.74 Å². The maximum Gasteiger partial charge on any atom is 0.341 e. The molecule has 0 aliphatic carbocycles. The Hall–Kier alpha value is -2.43. The fourth-order valence-corrected chi connectivity index (χ4v) is 2.60. The lowest BCUT2D eigenvalue weighted by atomic mass is 10.00. The van der Waals surface area contributed by atoms with Crippen molar-refractivity contribution in [1.82, 2.24) is 9.97 Å². The van der Waals surface area contributed by atoms with E-state index in [9.17, 15) is 4.79 Å². The van der Waals surface area contributed by atoms with E-state index in [2.05, 4.69) is 21.8 Å². The number of rotatable bonds is 4. The van der Waals surface area contributed by atoms with Crippen molar-refractivity contribution < 1.29 is 9.53 Å². The average Bonchev–Trinajstić information content (AvgIpc) is 2.61. The van der Waals surface area contributed by atoms with Gasteiger partial charge in [-0.05, 0) is 24.3 Å². The number of benzene rings is 1. The molecule has 0 radical (unpaired) electrons. The maximum absolute atomic E-state index is 12.0. The van der Waals surface area contributed by atoms with Crippen LogP contribution in [0, 0.1) is 5.92 Å². The van der Waals surface area contributed by atoms with E-state index in [1.54, 1.807) is 12.4 Å². The minimum Gasteiger partial charge on any atom is -0.457 e. The predicted molar refractivity (Wildman–Crippen MR) is 88.2 cm³/mol. The van der Waals surface area contributed by atoms with E-state index in [0.717, 1.165) is 37.4 Å². The van der Waals surface area contributed by atoms with Crippen LogP contribution in [0.2, 0.25) is 0 Å². The standard InChI is InChI=1S/C18H21N3O2/c1-14-7-9-21(10-8-14)18-19-11-16(12-20-18)17(22)23-13-15-5-3-2-4-6-15/h2-6,11-12,14H,7-10,13H2,1H3.